The molecule has 1 saturated carbocycles. The molecule has 0 aromatic rings. The molecule has 2 N–H and O–H groups in total. The van der Waals surface area contributed by atoms with E-state index in [-0.39, 0.29) is 24.0 Å². The number of carboxylic acids is 1. The number of carbonyl (C=O) groups is 2. The second kappa shape index (κ2) is 6.23. The van der Waals surface area contributed by atoms with E-state index in [9.17, 15) is 9.59 Å². The van der Waals surface area contributed by atoms with Gasteiger partial charge in [0.05, 0.1) is 6.42 Å². The van der Waals surface area contributed by atoms with Crippen molar-refractivity contribution >= 4 is 12.0 Å². The summed E-state index contributed by atoms with van der Waals surface area (Å²) in [6, 6.07) is -0.564. The van der Waals surface area contributed by atoms with Crippen LogP contribution in [0.3, 0.4) is 0 Å². The first kappa shape index (κ1) is 15.8. The summed E-state index contributed by atoms with van der Waals surface area (Å²) in [7, 11) is 5.84. The second-order valence-electron chi connectivity index (χ2n) is 5.78. The van der Waals surface area contributed by atoms with Gasteiger partial charge in [-0.05, 0) is 40.3 Å². The predicted molar refractivity (Wildman–Crippen MR) is 73.1 cm³/mol. The lowest BCUT2D eigenvalue weighted by molar-refractivity contribution is -0.137. The number of nitrogens with zero attached hydrogens (tertiary/aromatic N) is 2. The highest BCUT2D eigenvalue weighted by molar-refractivity contribution is 5.75. The molecule has 1 unspecified atom stereocenters. The highest BCUT2D eigenvalue weighted by atomic mass is 16.4. The van der Waals surface area contributed by atoms with E-state index in [2.05, 4.69) is 10.2 Å². The van der Waals surface area contributed by atoms with Crippen molar-refractivity contribution in [3.05, 3.63) is 0 Å². The van der Waals surface area contributed by atoms with Gasteiger partial charge < -0.3 is 20.2 Å². The summed E-state index contributed by atoms with van der Waals surface area (Å²) < 4.78 is 0. The molecule has 0 radical (unpaired) electrons. The average Bonchev–Trinajstić information content (AvgIpc) is 2.20. The lowest BCUT2D eigenvalue weighted by Crippen LogP contribution is -2.58. The number of aliphatic carboxylic acids is 1. The minimum Gasteiger partial charge on any atom is -0.481 e. The molecule has 0 aromatic heterocycles. The van der Waals surface area contributed by atoms with Crippen molar-refractivity contribution in [2.24, 2.45) is 0 Å². The minimum atomic E-state index is -0.904. The molecule has 1 aliphatic rings. The Labute approximate surface area is 114 Å². The van der Waals surface area contributed by atoms with E-state index < -0.39 is 5.97 Å². The van der Waals surface area contributed by atoms with Crippen LogP contribution in [0.5, 0.6) is 0 Å². The van der Waals surface area contributed by atoms with E-state index in [0.717, 1.165) is 12.8 Å². The van der Waals surface area contributed by atoms with Crippen LogP contribution < -0.4 is 5.32 Å². The number of urea groups is 1. The molecule has 1 aliphatic carbocycles. The van der Waals surface area contributed by atoms with Gasteiger partial charge in [-0.15, -0.1) is 0 Å². The zero-order chi connectivity index (χ0) is 14.6. The number of carboxylic acid groups (broad SMARTS) is 1. The van der Waals surface area contributed by atoms with E-state index in [0.29, 0.717) is 6.54 Å². The number of hydrogen-bond donors (Lipinski definition) is 2. The van der Waals surface area contributed by atoms with Crippen LogP contribution in [0.15, 0.2) is 0 Å². The number of amides is 2. The normalized spacial score (nSPS) is 18.6. The summed E-state index contributed by atoms with van der Waals surface area (Å²) in [4.78, 5) is 26.4. The Morgan fingerprint density at radius 1 is 1.32 bits per heavy atom. The minimum absolute atomic E-state index is 0.0571. The molecule has 0 bridgehead atoms. The first-order valence-corrected chi connectivity index (χ1v) is 6.68. The highest BCUT2D eigenvalue weighted by Crippen LogP contribution is 2.36. The molecule has 0 heterocycles. The van der Waals surface area contributed by atoms with Crippen molar-refractivity contribution < 1.29 is 14.7 Å². The Morgan fingerprint density at radius 3 is 2.26 bits per heavy atom. The molecule has 0 saturated heterocycles. The Kier molecular flexibility index (Phi) is 5.17. The Hall–Kier alpha value is -1.30. The van der Waals surface area contributed by atoms with Gasteiger partial charge in [0.2, 0.25) is 0 Å². The van der Waals surface area contributed by atoms with Gasteiger partial charge in [0, 0.05) is 25.2 Å². The lowest BCUT2D eigenvalue weighted by atomic mass is 9.75. The van der Waals surface area contributed by atoms with E-state index in [4.69, 9.17) is 5.11 Å². The molecule has 19 heavy (non-hydrogen) atoms. The molecule has 1 rings (SSSR count). The maximum absolute atomic E-state index is 12.0. The van der Waals surface area contributed by atoms with Gasteiger partial charge in [-0.3, -0.25) is 4.79 Å². The molecule has 0 spiro atoms. The first-order chi connectivity index (χ1) is 8.77. The Bertz CT molecular complexity index is 340. The third-order valence-corrected chi connectivity index (χ3v) is 3.96. The molecular weight excluding hydrogens is 246 g/mol. The van der Waals surface area contributed by atoms with Gasteiger partial charge in [0.15, 0.2) is 0 Å². The molecule has 6 nitrogen and oxygen atoms in total. The summed E-state index contributed by atoms with van der Waals surface area (Å²) in [6.07, 6.45) is 3.34. The maximum atomic E-state index is 12.0. The fourth-order valence-electron chi connectivity index (χ4n) is 2.48. The largest absolute Gasteiger partial charge is 0.481 e. The van der Waals surface area contributed by atoms with Gasteiger partial charge in [0.25, 0.3) is 0 Å². The van der Waals surface area contributed by atoms with E-state index in [1.165, 1.54) is 6.42 Å². The number of hydrogen-bond acceptors (Lipinski definition) is 3. The van der Waals surface area contributed by atoms with Gasteiger partial charge >= 0.3 is 12.0 Å². The summed E-state index contributed by atoms with van der Waals surface area (Å²) in [5.41, 5.74) is 0.0854. The van der Waals surface area contributed by atoms with Crippen LogP contribution >= 0.6 is 0 Å². The number of carbonyl (C=O) groups excluding carboxylic acids is 1. The van der Waals surface area contributed by atoms with Gasteiger partial charge in [-0.1, -0.05) is 0 Å². The van der Waals surface area contributed by atoms with Crippen molar-refractivity contribution in [2.45, 2.75) is 44.2 Å². The van der Waals surface area contributed by atoms with Crippen molar-refractivity contribution in [2.75, 3.05) is 27.7 Å². The predicted octanol–water partition coefficient (Wildman–Crippen LogP) is 0.975. The third-order valence-electron chi connectivity index (χ3n) is 3.96. The van der Waals surface area contributed by atoms with E-state index in [1.54, 1.807) is 18.9 Å². The van der Waals surface area contributed by atoms with Crippen molar-refractivity contribution in [3.63, 3.8) is 0 Å². The SMILES string of the molecule is CC(CC(=O)O)NC(=O)N(C)CC1(N(C)C)CCC1. The fraction of sp³-hybridized carbons (Fsp3) is 0.846. The van der Waals surface area contributed by atoms with E-state index in [1.807, 2.05) is 14.1 Å². The Morgan fingerprint density at radius 2 is 1.89 bits per heavy atom. The molecule has 110 valence electrons. The van der Waals surface area contributed by atoms with Gasteiger partial charge in [-0.25, -0.2) is 4.79 Å². The molecule has 0 aliphatic heterocycles. The molecule has 1 fully saturated rings. The van der Waals surface area contributed by atoms with Crippen LogP contribution in [0.1, 0.15) is 32.6 Å². The fourth-order valence-corrected chi connectivity index (χ4v) is 2.48. The monoisotopic (exact) mass is 271 g/mol. The summed E-state index contributed by atoms with van der Waals surface area (Å²) in [5, 5.41) is 11.4. The van der Waals surface area contributed by atoms with Crippen LogP contribution in [0, 0.1) is 0 Å². The Balaban J connectivity index is 2.46. The number of rotatable bonds is 6. The first-order valence-electron chi connectivity index (χ1n) is 6.68. The molecule has 1 atom stereocenters. The summed E-state index contributed by atoms with van der Waals surface area (Å²) >= 11 is 0. The van der Waals surface area contributed by atoms with E-state index >= 15 is 0 Å². The standard InChI is InChI=1S/C13H25N3O3/c1-10(8-11(17)18)14-12(19)16(4)9-13(15(2)3)6-5-7-13/h10H,5-9H2,1-4H3,(H,14,19)(H,17,18). The zero-order valence-electron chi connectivity index (χ0n) is 12.3. The topological polar surface area (TPSA) is 72.9 Å². The smallest absolute Gasteiger partial charge is 0.317 e. The molecular formula is C13H25N3O3. The zero-order valence-corrected chi connectivity index (χ0v) is 12.3. The molecule has 2 amide bonds. The number of nitrogens with one attached hydrogen (secondary N) is 1. The van der Waals surface area contributed by atoms with Crippen LogP contribution in [-0.2, 0) is 4.79 Å². The van der Waals surface area contributed by atoms with Crippen LogP contribution in [-0.4, -0.2) is 66.2 Å². The maximum Gasteiger partial charge on any atom is 0.317 e. The van der Waals surface area contributed by atoms with Crippen LogP contribution in [0.4, 0.5) is 4.79 Å². The quantitative estimate of drug-likeness (QED) is 0.755. The van der Waals surface area contributed by atoms with Crippen molar-refractivity contribution in [3.8, 4) is 0 Å². The number of likely N-dealkylation sites (N-methyl/N-ethyl adjacent to an activating group) is 2. The summed E-state index contributed by atoms with van der Waals surface area (Å²) in [5.74, 6) is -0.904. The van der Waals surface area contributed by atoms with Crippen molar-refractivity contribution in [1.29, 1.82) is 0 Å². The molecule has 0 aromatic carbocycles. The lowest BCUT2D eigenvalue weighted by Gasteiger charge is -2.49. The van der Waals surface area contributed by atoms with Crippen LogP contribution in [0.2, 0.25) is 0 Å². The second-order valence-corrected chi connectivity index (χ2v) is 5.78. The third kappa shape index (κ3) is 4.09. The van der Waals surface area contributed by atoms with Gasteiger partial charge in [0.1, 0.15) is 0 Å². The van der Waals surface area contributed by atoms with Gasteiger partial charge in [-0.2, -0.15) is 0 Å². The summed E-state index contributed by atoms with van der Waals surface area (Å²) in [6.45, 7) is 2.37. The highest BCUT2D eigenvalue weighted by Gasteiger charge is 2.40. The van der Waals surface area contributed by atoms with Crippen LogP contribution in [0.25, 0.3) is 0 Å². The van der Waals surface area contributed by atoms with Crippen molar-refractivity contribution in [1.82, 2.24) is 15.1 Å². The molecule has 6 heteroatoms. The average molecular weight is 271 g/mol.